The molecule has 0 bridgehead atoms. The molecule has 0 amide bonds. The van der Waals surface area contributed by atoms with Gasteiger partial charge in [0.05, 0.1) is 0 Å². The van der Waals surface area contributed by atoms with E-state index in [2.05, 4.69) is 174 Å². The third kappa shape index (κ3) is 5.16. The topological polar surface area (TPSA) is 49.6 Å². The Balaban J connectivity index is 1.12. The fourth-order valence-corrected chi connectivity index (χ4v) is 7.66. The fraction of sp³-hybridized carbons (Fsp3) is 0.0426. The first kappa shape index (κ1) is 29.4. The van der Waals surface area contributed by atoms with Crippen molar-refractivity contribution in [3.8, 4) is 22.3 Å². The molecule has 2 atom stereocenters. The lowest BCUT2D eigenvalue weighted by atomic mass is 9.93. The van der Waals surface area contributed by atoms with Gasteiger partial charge in [-0.1, -0.05) is 158 Å². The summed E-state index contributed by atoms with van der Waals surface area (Å²) in [4.78, 5) is 5.44. The Hall–Kier alpha value is -6.49. The van der Waals surface area contributed by atoms with Crippen molar-refractivity contribution in [2.45, 2.75) is 12.3 Å². The van der Waals surface area contributed by atoms with Gasteiger partial charge in [-0.2, -0.15) is 0 Å². The molecule has 0 saturated carbocycles. The van der Waals surface area contributed by atoms with Crippen molar-refractivity contribution >= 4 is 49.3 Å². The molecule has 242 valence electrons. The van der Waals surface area contributed by atoms with Gasteiger partial charge in [-0.15, -0.1) is 0 Å². The van der Waals surface area contributed by atoms with E-state index < -0.39 is 0 Å². The third-order valence-electron chi connectivity index (χ3n) is 10.2. The predicted octanol–water partition coefficient (Wildman–Crippen LogP) is 11.6. The summed E-state index contributed by atoms with van der Waals surface area (Å²) in [6.45, 7) is 0. The maximum Gasteiger partial charge on any atom is 0.136 e. The smallest absolute Gasteiger partial charge is 0.136 e. The lowest BCUT2D eigenvalue weighted by Crippen LogP contribution is -2.45. The van der Waals surface area contributed by atoms with E-state index in [1.54, 1.807) is 0 Å². The first-order valence-corrected chi connectivity index (χ1v) is 17.4. The van der Waals surface area contributed by atoms with Crippen LogP contribution in [0.2, 0.25) is 0 Å². The number of para-hydroxylation sites is 1. The molecule has 0 aliphatic carbocycles. The first-order valence-electron chi connectivity index (χ1n) is 17.4. The highest BCUT2D eigenvalue weighted by Crippen LogP contribution is 2.40. The van der Waals surface area contributed by atoms with E-state index in [9.17, 15) is 0 Å². The van der Waals surface area contributed by atoms with Crippen molar-refractivity contribution in [3.63, 3.8) is 0 Å². The number of furan rings is 1. The van der Waals surface area contributed by atoms with Gasteiger partial charge >= 0.3 is 0 Å². The molecule has 10 rings (SSSR count). The van der Waals surface area contributed by atoms with Crippen LogP contribution in [0.5, 0.6) is 0 Å². The molecule has 2 heterocycles. The van der Waals surface area contributed by atoms with Crippen molar-refractivity contribution < 1.29 is 4.42 Å². The summed E-state index contributed by atoms with van der Waals surface area (Å²) >= 11 is 0. The number of nitrogens with zero attached hydrogens (tertiary/aromatic N) is 1. The normalized spacial score (nSPS) is 16.0. The number of amidine groups is 1. The van der Waals surface area contributed by atoms with Gasteiger partial charge in [-0.05, 0) is 73.1 Å². The molecule has 0 saturated heterocycles. The summed E-state index contributed by atoms with van der Waals surface area (Å²) in [5.74, 6) is 0.854. The third-order valence-corrected chi connectivity index (χ3v) is 10.2. The Kier molecular flexibility index (Phi) is 7.00. The molecule has 4 nitrogen and oxygen atoms in total. The minimum absolute atomic E-state index is 0.186. The summed E-state index contributed by atoms with van der Waals surface area (Å²) in [6, 6.07) is 62.3. The van der Waals surface area contributed by atoms with Gasteiger partial charge in [0.1, 0.15) is 29.3 Å². The second-order valence-corrected chi connectivity index (χ2v) is 13.2. The van der Waals surface area contributed by atoms with Gasteiger partial charge < -0.3 is 9.73 Å². The van der Waals surface area contributed by atoms with Crippen LogP contribution in [-0.2, 0) is 0 Å². The monoisotopic (exact) mass is 655 g/mol. The van der Waals surface area contributed by atoms with E-state index >= 15 is 0 Å². The standard InChI is InChI=1S/C47H33N3O/c1-2-11-30(12-3-1)31-21-26-34(27-22-31)45-48-46(35-28-25-33-24-23-32-13-4-5-14-36(32)41(33)29-35)50-47(49-45)39-16-7-6-15-37(39)38-18-10-20-43-44(38)40-17-8-9-19-42(40)51-43/h1-29,45,47,49H,(H,48,50). The maximum absolute atomic E-state index is 6.30. The number of aliphatic imine (C=N–C) groups is 1. The number of rotatable bonds is 5. The zero-order valence-corrected chi connectivity index (χ0v) is 27.8. The lowest BCUT2D eigenvalue weighted by Gasteiger charge is -2.33. The molecule has 1 aliphatic heterocycles. The lowest BCUT2D eigenvalue weighted by molar-refractivity contribution is 0.409. The van der Waals surface area contributed by atoms with Gasteiger partial charge in [0.15, 0.2) is 0 Å². The quantitative estimate of drug-likeness (QED) is 0.181. The molecule has 1 aromatic heterocycles. The second kappa shape index (κ2) is 12.1. The van der Waals surface area contributed by atoms with Crippen molar-refractivity contribution in [1.82, 2.24) is 10.6 Å². The minimum Gasteiger partial charge on any atom is -0.456 e. The van der Waals surface area contributed by atoms with Gasteiger partial charge in [0.2, 0.25) is 0 Å². The van der Waals surface area contributed by atoms with Crippen LogP contribution in [-0.4, -0.2) is 5.84 Å². The van der Waals surface area contributed by atoms with Crippen LogP contribution < -0.4 is 10.6 Å². The Bertz CT molecular complexity index is 2760. The molecule has 2 unspecified atom stereocenters. The van der Waals surface area contributed by atoms with E-state index in [0.717, 1.165) is 55.6 Å². The number of fused-ring (bicyclic) bond motifs is 6. The molecule has 2 N–H and O–H groups in total. The van der Waals surface area contributed by atoms with Gasteiger partial charge in [0, 0.05) is 16.3 Å². The van der Waals surface area contributed by atoms with E-state index in [0.29, 0.717) is 0 Å². The van der Waals surface area contributed by atoms with Crippen LogP contribution in [0.15, 0.2) is 185 Å². The largest absolute Gasteiger partial charge is 0.456 e. The summed E-state index contributed by atoms with van der Waals surface area (Å²) in [7, 11) is 0. The number of hydrogen-bond donors (Lipinski definition) is 2. The summed E-state index contributed by atoms with van der Waals surface area (Å²) < 4.78 is 6.30. The second-order valence-electron chi connectivity index (χ2n) is 13.2. The molecule has 51 heavy (non-hydrogen) atoms. The summed E-state index contributed by atoms with van der Waals surface area (Å²) in [6.07, 6.45) is -0.512. The number of hydrogen-bond acceptors (Lipinski definition) is 4. The Morgan fingerprint density at radius 2 is 1.12 bits per heavy atom. The highest BCUT2D eigenvalue weighted by atomic mass is 16.3. The van der Waals surface area contributed by atoms with Gasteiger partial charge in [-0.3, -0.25) is 5.32 Å². The molecular weight excluding hydrogens is 623 g/mol. The van der Waals surface area contributed by atoms with Crippen LogP contribution in [0.4, 0.5) is 0 Å². The summed E-state index contributed by atoms with van der Waals surface area (Å²) in [5, 5.41) is 14.8. The van der Waals surface area contributed by atoms with Gasteiger partial charge in [0.25, 0.3) is 0 Å². The van der Waals surface area contributed by atoms with Crippen LogP contribution in [0.3, 0.4) is 0 Å². The zero-order valence-electron chi connectivity index (χ0n) is 27.8. The molecule has 8 aromatic carbocycles. The minimum atomic E-state index is -0.326. The molecule has 0 spiro atoms. The van der Waals surface area contributed by atoms with Crippen molar-refractivity contribution in [1.29, 1.82) is 0 Å². The molecule has 4 heteroatoms. The average Bonchev–Trinajstić information content (AvgIpc) is 3.60. The van der Waals surface area contributed by atoms with Crippen LogP contribution >= 0.6 is 0 Å². The zero-order chi connectivity index (χ0) is 33.7. The fourth-order valence-electron chi connectivity index (χ4n) is 7.66. The maximum atomic E-state index is 6.30. The summed E-state index contributed by atoms with van der Waals surface area (Å²) in [5.41, 5.74) is 9.71. The predicted molar refractivity (Wildman–Crippen MR) is 211 cm³/mol. The highest BCUT2D eigenvalue weighted by Gasteiger charge is 2.28. The van der Waals surface area contributed by atoms with E-state index in [4.69, 9.17) is 9.41 Å². The van der Waals surface area contributed by atoms with Crippen LogP contribution in [0.25, 0.3) is 65.7 Å². The highest BCUT2D eigenvalue weighted by molar-refractivity contribution is 6.13. The van der Waals surface area contributed by atoms with Crippen molar-refractivity contribution in [3.05, 3.63) is 193 Å². The van der Waals surface area contributed by atoms with E-state index in [-0.39, 0.29) is 12.3 Å². The van der Waals surface area contributed by atoms with Crippen LogP contribution in [0, 0.1) is 0 Å². The Morgan fingerprint density at radius 1 is 0.471 bits per heavy atom. The molecule has 0 radical (unpaired) electrons. The molecular formula is C47H33N3O. The van der Waals surface area contributed by atoms with E-state index in [1.165, 1.54) is 32.7 Å². The number of nitrogens with one attached hydrogen (secondary N) is 2. The average molecular weight is 656 g/mol. The molecule has 1 aliphatic rings. The Labute approximate surface area is 295 Å². The Morgan fingerprint density at radius 3 is 2.00 bits per heavy atom. The SMILES string of the molecule is c1ccc(-c2ccc(C3NC(c4ccc5ccc6ccccc6c5c4)=NC(c4ccccc4-c4cccc5oc6ccccc6c45)N3)cc2)cc1. The van der Waals surface area contributed by atoms with E-state index in [1.807, 2.05) is 12.1 Å². The molecule has 9 aromatic rings. The van der Waals surface area contributed by atoms with Gasteiger partial charge in [-0.25, -0.2) is 4.99 Å². The molecule has 0 fully saturated rings. The first-order chi connectivity index (χ1) is 25.3. The van der Waals surface area contributed by atoms with Crippen molar-refractivity contribution in [2.75, 3.05) is 0 Å². The number of benzene rings is 8. The van der Waals surface area contributed by atoms with Crippen LogP contribution in [0.1, 0.15) is 29.0 Å². The van der Waals surface area contributed by atoms with Crippen molar-refractivity contribution in [2.24, 2.45) is 4.99 Å².